The van der Waals surface area contributed by atoms with Crippen LogP contribution in [0, 0.1) is 5.92 Å². The van der Waals surface area contributed by atoms with Gasteiger partial charge >= 0.3 is 0 Å². The van der Waals surface area contributed by atoms with Gasteiger partial charge in [0, 0.05) is 12.5 Å². The third kappa shape index (κ3) is 3.57. The Morgan fingerprint density at radius 3 is 2.32 bits per heavy atom. The highest BCUT2D eigenvalue weighted by Gasteiger charge is 2.25. The van der Waals surface area contributed by atoms with Crippen molar-refractivity contribution < 1.29 is 9.90 Å². The van der Waals surface area contributed by atoms with Gasteiger partial charge in [0.05, 0.1) is 6.10 Å². The van der Waals surface area contributed by atoms with E-state index in [0.29, 0.717) is 12.5 Å². The van der Waals surface area contributed by atoms with Gasteiger partial charge in [0.25, 0.3) is 0 Å². The van der Waals surface area contributed by atoms with E-state index in [4.69, 9.17) is 0 Å². The summed E-state index contributed by atoms with van der Waals surface area (Å²) in [6.45, 7) is 4.59. The maximum Gasteiger partial charge on any atom is 0.223 e. The van der Waals surface area contributed by atoms with Crippen molar-refractivity contribution in [2.45, 2.75) is 45.1 Å². The maximum absolute atomic E-state index is 11.7. The lowest BCUT2D eigenvalue weighted by Gasteiger charge is -2.24. The van der Waals surface area contributed by atoms with Crippen LogP contribution in [0.3, 0.4) is 0 Å². The fraction of sp³-hybridized carbons (Fsp3) is 0.562. The standard InChI is InChI=1S/C16H23NO2/c1-11(2)12-6-8-13(9-7-12)15(18)10-17-16(19)14-4-3-5-14/h6-9,11,14-15,18H,3-5,10H2,1-2H3,(H,17,19). The molecule has 0 bridgehead atoms. The number of carbonyl (C=O) groups excluding carboxylic acids is 1. The molecule has 3 heteroatoms. The Hall–Kier alpha value is -1.35. The Morgan fingerprint density at radius 2 is 1.84 bits per heavy atom. The highest BCUT2D eigenvalue weighted by Crippen LogP contribution is 2.26. The average molecular weight is 261 g/mol. The lowest BCUT2D eigenvalue weighted by Crippen LogP contribution is -2.36. The Balaban J connectivity index is 1.84. The molecular weight excluding hydrogens is 238 g/mol. The molecule has 0 saturated heterocycles. The van der Waals surface area contributed by atoms with Gasteiger partial charge in [-0.15, -0.1) is 0 Å². The summed E-state index contributed by atoms with van der Waals surface area (Å²) in [5.74, 6) is 0.754. The number of amides is 1. The molecule has 1 saturated carbocycles. The number of aliphatic hydroxyl groups is 1. The van der Waals surface area contributed by atoms with E-state index in [1.807, 2.05) is 24.3 Å². The molecule has 1 amide bonds. The Bertz CT molecular complexity index is 421. The predicted octanol–water partition coefficient (Wildman–Crippen LogP) is 2.76. The van der Waals surface area contributed by atoms with Gasteiger partial charge in [-0.05, 0) is 29.9 Å². The number of benzene rings is 1. The second kappa shape index (κ2) is 6.20. The van der Waals surface area contributed by atoms with Gasteiger partial charge in [0.2, 0.25) is 5.91 Å². The van der Waals surface area contributed by atoms with Crippen molar-refractivity contribution in [3.8, 4) is 0 Å². The van der Waals surface area contributed by atoms with Crippen molar-refractivity contribution in [3.63, 3.8) is 0 Å². The summed E-state index contributed by atoms with van der Waals surface area (Å²) in [6, 6.07) is 7.96. The third-order valence-corrected chi connectivity index (χ3v) is 3.93. The van der Waals surface area contributed by atoms with Gasteiger partial charge in [-0.2, -0.15) is 0 Å². The van der Waals surface area contributed by atoms with E-state index < -0.39 is 6.10 Å². The van der Waals surface area contributed by atoms with Gasteiger partial charge < -0.3 is 10.4 Å². The summed E-state index contributed by atoms with van der Waals surface area (Å²) in [5.41, 5.74) is 2.12. The van der Waals surface area contributed by atoms with E-state index in [-0.39, 0.29) is 11.8 Å². The van der Waals surface area contributed by atoms with Crippen LogP contribution in [0.4, 0.5) is 0 Å². The van der Waals surface area contributed by atoms with Gasteiger partial charge in [-0.3, -0.25) is 4.79 Å². The summed E-state index contributed by atoms with van der Waals surface area (Å²) in [6.07, 6.45) is 2.51. The molecule has 104 valence electrons. The second-order valence-corrected chi connectivity index (χ2v) is 5.71. The molecule has 0 radical (unpaired) electrons. The molecule has 19 heavy (non-hydrogen) atoms. The quantitative estimate of drug-likeness (QED) is 0.856. The van der Waals surface area contributed by atoms with Gasteiger partial charge in [-0.25, -0.2) is 0 Å². The Kier molecular flexibility index (Phi) is 4.59. The van der Waals surface area contributed by atoms with E-state index >= 15 is 0 Å². The maximum atomic E-state index is 11.7. The zero-order chi connectivity index (χ0) is 13.8. The number of rotatable bonds is 5. The van der Waals surface area contributed by atoms with Crippen LogP contribution in [-0.4, -0.2) is 17.6 Å². The molecule has 2 N–H and O–H groups in total. The lowest BCUT2D eigenvalue weighted by atomic mass is 9.85. The summed E-state index contributed by atoms with van der Waals surface area (Å²) < 4.78 is 0. The molecule has 1 aromatic carbocycles. The van der Waals surface area contributed by atoms with Gasteiger partial charge in [-0.1, -0.05) is 44.5 Å². The molecule has 1 aromatic rings. The topological polar surface area (TPSA) is 49.3 Å². The molecule has 0 spiro atoms. The first kappa shape index (κ1) is 14.1. The zero-order valence-electron chi connectivity index (χ0n) is 11.7. The van der Waals surface area contributed by atoms with Crippen molar-refractivity contribution in [2.24, 2.45) is 5.92 Å². The van der Waals surface area contributed by atoms with Crippen molar-refractivity contribution in [1.29, 1.82) is 0 Å². The predicted molar refractivity (Wildman–Crippen MR) is 75.8 cm³/mol. The van der Waals surface area contributed by atoms with Crippen LogP contribution in [0.5, 0.6) is 0 Å². The minimum Gasteiger partial charge on any atom is -0.387 e. The van der Waals surface area contributed by atoms with Crippen molar-refractivity contribution in [3.05, 3.63) is 35.4 Å². The van der Waals surface area contributed by atoms with E-state index in [0.717, 1.165) is 24.8 Å². The summed E-state index contributed by atoms with van der Waals surface area (Å²) in [5, 5.41) is 12.9. The number of aliphatic hydroxyl groups excluding tert-OH is 1. The second-order valence-electron chi connectivity index (χ2n) is 5.71. The van der Waals surface area contributed by atoms with Gasteiger partial charge in [0.15, 0.2) is 0 Å². The zero-order valence-corrected chi connectivity index (χ0v) is 11.7. The molecule has 2 rings (SSSR count). The van der Waals surface area contributed by atoms with Crippen molar-refractivity contribution >= 4 is 5.91 Å². The van der Waals surface area contributed by atoms with Crippen LogP contribution in [0.2, 0.25) is 0 Å². The van der Waals surface area contributed by atoms with Gasteiger partial charge in [0.1, 0.15) is 0 Å². The van der Waals surface area contributed by atoms with Crippen LogP contribution in [0.15, 0.2) is 24.3 Å². The molecular formula is C16H23NO2. The molecule has 0 aromatic heterocycles. The lowest BCUT2D eigenvalue weighted by molar-refractivity contribution is -0.127. The minimum atomic E-state index is -0.620. The summed E-state index contributed by atoms with van der Waals surface area (Å²) in [7, 11) is 0. The average Bonchev–Trinajstić information content (AvgIpc) is 2.34. The van der Waals surface area contributed by atoms with E-state index in [1.54, 1.807) is 0 Å². The number of nitrogens with one attached hydrogen (secondary N) is 1. The van der Waals surface area contributed by atoms with E-state index in [9.17, 15) is 9.90 Å². The molecule has 1 atom stereocenters. The normalized spacial score (nSPS) is 17.1. The molecule has 1 fully saturated rings. The Morgan fingerprint density at radius 1 is 1.26 bits per heavy atom. The summed E-state index contributed by atoms with van der Waals surface area (Å²) >= 11 is 0. The largest absolute Gasteiger partial charge is 0.387 e. The highest BCUT2D eigenvalue weighted by atomic mass is 16.3. The van der Waals surface area contributed by atoms with E-state index in [2.05, 4.69) is 19.2 Å². The fourth-order valence-electron chi connectivity index (χ4n) is 2.23. The number of carbonyl (C=O) groups is 1. The van der Waals surface area contributed by atoms with Crippen LogP contribution >= 0.6 is 0 Å². The Labute approximate surface area is 115 Å². The molecule has 0 heterocycles. The SMILES string of the molecule is CC(C)c1ccc(C(O)CNC(=O)C2CCC2)cc1. The summed E-state index contributed by atoms with van der Waals surface area (Å²) in [4.78, 5) is 11.7. The minimum absolute atomic E-state index is 0.0871. The van der Waals surface area contributed by atoms with E-state index in [1.165, 1.54) is 5.56 Å². The van der Waals surface area contributed by atoms with Crippen molar-refractivity contribution in [2.75, 3.05) is 6.54 Å². The first-order chi connectivity index (χ1) is 9.08. The molecule has 0 aliphatic heterocycles. The van der Waals surface area contributed by atoms with Crippen molar-refractivity contribution in [1.82, 2.24) is 5.32 Å². The highest BCUT2D eigenvalue weighted by molar-refractivity contribution is 5.79. The van der Waals surface area contributed by atoms with Crippen LogP contribution in [-0.2, 0) is 4.79 Å². The smallest absolute Gasteiger partial charge is 0.223 e. The van der Waals surface area contributed by atoms with Crippen LogP contribution in [0.25, 0.3) is 0 Å². The third-order valence-electron chi connectivity index (χ3n) is 3.93. The van der Waals surface area contributed by atoms with Crippen LogP contribution < -0.4 is 5.32 Å². The molecule has 1 unspecified atom stereocenters. The molecule has 1 aliphatic carbocycles. The fourth-order valence-corrected chi connectivity index (χ4v) is 2.23. The molecule has 3 nitrogen and oxygen atoms in total. The number of hydrogen-bond donors (Lipinski definition) is 2. The first-order valence-corrected chi connectivity index (χ1v) is 7.13. The van der Waals surface area contributed by atoms with Crippen LogP contribution in [0.1, 0.15) is 56.3 Å². The monoisotopic (exact) mass is 261 g/mol. The number of hydrogen-bond acceptors (Lipinski definition) is 2. The molecule has 1 aliphatic rings. The first-order valence-electron chi connectivity index (χ1n) is 7.13.